The molecule has 1 aliphatic rings. The maximum atomic E-state index is 7.00. The Morgan fingerprint density at radius 1 is 1.00 bits per heavy atom. The second-order valence-corrected chi connectivity index (χ2v) is 7.18. The van der Waals surface area contributed by atoms with E-state index in [-0.39, 0.29) is 0 Å². The molecule has 3 aromatic rings. The van der Waals surface area contributed by atoms with Crippen LogP contribution in [0.1, 0.15) is 55.4 Å². The number of aryl methyl sites for hydroxylation is 2. The number of benzene rings is 3. The molecule has 4 rings (SSSR count). The number of fused-ring (bicyclic) bond motifs is 2. The van der Waals surface area contributed by atoms with Crippen LogP contribution in [0.4, 0.5) is 0 Å². The third kappa shape index (κ3) is 4.38. The summed E-state index contributed by atoms with van der Waals surface area (Å²) in [5, 5.41) is 9.58. The third-order valence-corrected chi connectivity index (χ3v) is 5.30. The first-order valence-corrected chi connectivity index (χ1v) is 10.4. The lowest BCUT2D eigenvalue weighted by molar-refractivity contribution is 0.399. The number of methoxy groups -OCH3 is 1. The fourth-order valence-electron chi connectivity index (χ4n) is 4.22. The maximum Gasteiger partial charge on any atom is 0.129 e. The number of hydrogen-bond donors (Lipinski definition) is 1. The van der Waals surface area contributed by atoms with Crippen LogP contribution in [0, 0.1) is 13.8 Å². The molecule has 2 nitrogen and oxygen atoms in total. The molecule has 2 heteroatoms. The van der Waals surface area contributed by atoms with E-state index in [9.17, 15) is 0 Å². The maximum absolute atomic E-state index is 7.00. The van der Waals surface area contributed by atoms with E-state index >= 15 is 0 Å². The third-order valence-electron chi connectivity index (χ3n) is 5.30. The van der Waals surface area contributed by atoms with Crippen molar-refractivity contribution in [3.8, 4) is 16.9 Å². The van der Waals surface area contributed by atoms with Crippen LogP contribution in [-0.4, -0.2) is 19.3 Å². The van der Waals surface area contributed by atoms with Crippen molar-refractivity contribution < 1.29 is 9.84 Å². The molecule has 0 radical (unpaired) electrons. The van der Waals surface area contributed by atoms with Crippen molar-refractivity contribution in [2.75, 3.05) is 14.2 Å². The second-order valence-electron chi connectivity index (χ2n) is 7.18. The highest BCUT2D eigenvalue weighted by atomic mass is 16.5. The van der Waals surface area contributed by atoms with Gasteiger partial charge in [0.1, 0.15) is 5.75 Å². The molecule has 3 aromatic carbocycles. The Kier molecular flexibility index (Phi) is 8.04. The van der Waals surface area contributed by atoms with Gasteiger partial charge < -0.3 is 9.84 Å². The van der Waals surface area contributed by atoms with Crippen LogP contribution >= 0.6 is 0 Å². The summed E-state index contributed by atoms with van der Waals surface area (Å²) >= 11 is 0. The summed E-state index contributed by atoms with van der Waals surface area (Å²) in [5.74, 6) is 1.50. The van der Waals surface area contributed by atoms with Crippen molar-refractivity contribution in [2.45, 2.75) is 47.0 Å². The molecule has 0 bridgehead atoms. The normalized spacial score (nSPS) is 14.3. The fourth-order valence-corrected chi connectivity index (χ4v) is 4.22. The number of hydrogen-bond acceptors (Lipinski definition) is 2. The van der Waals surface area contributed by atoms with Gasteiger partial charge in [-0.25, -0.2) is 0 Å². The number of ether oxygens (including phenoxy) is 1. The molecule has 29 heavy (non-hydrogen) atoms. The summed E-state index contributed by atoms with van der Waals surface area (Å²) < 4.78 is 5.91. The van der Waals surface area contributed by atoms with Crippen LogP contribution in [-0.2, 0) is 0 Å². The largest absolute Gasteiger partial charge is 0.496 e. The number of aliphatic hydroxyl groups excluding tert-OH is 1. The Bertz CT molecular complexity index is 999. The highest BCUT2D eigenvalue weighted by Gasteiger charge is 2.24. The monoisotopic (exact) mass is 390 g/mol. The molecular weight excluding hydrogens is 356 g/mol. The van der Waals surface area contributed by atoms with E-state index in [0.29, 0.717) is 5.92 Å². The molecule has 1 atom stereocenters. The van der Waals surface area contributed by atoms with Crippen molar-refractivity contribution in [1.29, 1.82) is 0 Å². The average molecular weight is 391 g/mol. The van der Waals surface area contributed by atoms with Crippen molar-refractivity contribution >= 4 is 16.8 Å². The van der Waals surface area contributed by atoms with Gasteiger partial charge in [0.15, 0.2) is 0 Å². The molecule has 0 heterocycles. The van der Waals surface area contributed by atoms with Gasteiger partial charge in [-0.3, -0.25) is 0 Å². The standard InChI is InChI=1S/C24H24O.C2H6.CH4O/c1-15-12-18-9-5-6-11-20(18)21(13-15)23-22-16(2)8-7-10-19(22)14-17(3)24(23)25-4;2*1-2/h5-7,9-14,16H,8H2,1-4H3;1-2H3;2H,1H3. The smallest absolute Gasteiger partial charge is 0.129 e. The summed E-state index contributed by atoms with van der Waals surface area (Å²) in [6.45, 7) is 10.6. The van der Waals surface area contributed by atoms with Crippen LogP contribution in [0.3, 0.4) is 0 Å². The summed E-state index contributed by atoms with van der Waals surface area (Å²) in [7, 11) is 2.79. The molecule has 1 unspecified atom stereocenters. The molecule has 0 fully saturated rings. The van der Waals surface area contributed by atoms with Gasteiger partial charge in [-0.2, -0.15) is 0 Å². The Morgan fingerprint density at radius 3 is 2.38 bits per heavy atom. The van der Waals surface area contributed by atoms with Crippen LogP contribution in [0.25, 0.3) is 28.0 Å². The van der Waals surface area contributed by atoms with Gasteiger partial charge in [0, 0.05) is 12.7 Å². The van der Waals surface area contributed by atoms with E-state index < -0.39 is 0 Å². The first kappa shape index (κ1) is 22.7. The van der Waals surface area contributed by atoms with Gasteiger partial charge in [0.2, 0.25) is 0 Å². The molecule has 0 saturated heterocycles. The van der Waals surface area contributed by atoms with Gasteiger partial charge in [0.25, 0.3) is 0 Å². The second kappa shape index (κ2) is 10.3. The molecule has 0 aromatic heterocycles. The average Bonchev–Trinajstić information content (AvgIpc) is 2.75. The van der Waals surface area contributed by atoms with Crippen LogP contribution in [0.2, 0.25) is 0 Å². The van der Waals surface area contributed by atoms with Gasteiger partial charge in [-0.05, 0) is 70.8 Å². The molecule has 0 aliphatic heterocycles. The van der Waals surface area contributed by atoms with Crippen LogP contribution < -0.4 is 4.74 Å². The summed E-state index contributed by atoms with van der Waals surface area (Å²) in [4.78, 5) is 0. The van der Waals surface area contributed by atoms with Crippen molar-refractivity contribution in [3.05, 3.63) is 70.8 Å². The van der Waals surface area contributed by atoms with Crippen molar-refractivity contribution in [3.63, 3.8) is 0 Å². The van der Waals surface area contributed by atoms with Crippen molar-refractivity contribution in [1.82, 2.24) is 0 Å². The fraction of sp³-hybridized carbons (Fsp3) is 0.333. The Morgan fingerprint density at radius 2 is 1.69 bits per heavy atom. The lowest BCUT2D eigenvalue weighted by atomic mass is 9.80. The first-order chi connectivity index (χ1) is 14.1. The van der Waals surface area contributed by atoms with Gasteiger partial charge in [-0.15, -0.1) is 0 Å². The lowest BCUT2D eigenvalue weighted by Crippen LogP contribution is -2.06. The quantitative estimate of drug-likeness (QED) is 0.498. The van der Waals surface area contributed by atoms with E-state index in [1.807, 2.05) is 13.8 Å². The van der Waals surface area contributed by atoms with E-state index in [1.54, 1.807) is 7.11 Å². The molecule has 0 saturated carbocycles. The molecule has 1 aliphatic carbocycles. The molecular formula is C27H34O2. The minimum Gasteiger partial charge on any atom is -0.496 e. The zero-order chi connectivity index (χ0) is 21.6. The molecule has 1 N–H and O–H groups in total. The van der Waals surface area contributed by atoms with Gasteiger partial charge in [0.05, 0.1) is 7.11 Å². The topological polar surface area (TPSA) is 29.5 Å². The molecule has 0 spiro atoms. The van der Waals surface area contributed by atoms with Gasteiger partial charge in [-0.1, -0.05) is 69.3 Å². The highest BCUT2D eigenvalue weighted by molar-refractivity contribution is 6.00. The predicted molar refractivity (Wildman–Crippen MR) is 127 cm³/mol. The first-order valence-electron chi connectivity index (χ1n) is 10.4. The van der Waals surface area contributed by atoms with E-state index in [0.717, 1.165) is 19.3 Å². The number of allylic oxidation sites excluding steroid dienone is 1. The van der Waals surface area contributed by atoms with Crippen molar-refractivity contribution in [2.24, 2.45) is 0 Å². The molecule has 0 amide bonds. The summed E-state index contributed by atoms with van der Waals surface area (Å²) in [5.41, 5.74) is 7.78. The number of aliphatic hydroxyl groups is 1. The summed E-state index contributed by atoms with van der Waals surface area (Å²) in [6, 6.07) is 15.5. The Balaban J connectivity index is 0.000000707. The Hall–Kier alpha value is -2.58. The number of rotatable bonds is 2. The minimum atomic E-state index is 0.490. The zero-order valence-corrected chi connectivity index (χ0v) is 18.8. The highest BCUT2D eigenvalue weighted by Crippen LogP contribution is 2.46. The zero-order valence-electron chi connectivity index (χ0n) is 18.8. The lowest BCUT2D eigenvalue weighted by Gasteiger charge is -2.26. The minimum absolute atomic E-state index is 0.490. The van der Waals surface area contributed by atoms with Gasteiger partial charge >= 0.3 is 0 Å². The van der Waals surface area contributed by atoms with E-state index in [2.05, 4.69) is 75.4 Å². The summed E-state index contributed by atoms with van der Waals surface area (Å²) in [6.07, 6.45) is 5.64. The Labute approximate surface area is 175 Å². The van der Waals surface area contributed by atoms with Crippen LogP contribution in [0.5, 0.6) is 5.75 Å². The van der Waals surface area contributed by atoms with E-state index in [4.69, 9.17) is 9.84 Å². The molecule has 154 valence electrons. The van der Waals surface area contributed by atoms with Crippen LogP contribution in [0.15, 0.2) is 48.5 Å². The predicted octanol–water partition coefficient (Wildman–Crippen LogP) is 7.29. The van der Waals surface area contributed by atoms with E-state index in [1.165, 1.54) is 44.2 Å². The SMILES string of the molecule is CC.CO.COc1c(C)cc2c(c1-c1cc(C)cc3ccccc13)C(C)CC=C2.